The number of rotatable bonds is 3. The molecule has 3 rings (SSSR count). The molecule has 6 nitrogen and oxygen atoms in total. The van der Waals surface area contributed by atoms with E-state index >= 15 is 0 Å². The summed E-state index contributed by atoms with van der Waals surface area (Å²) in [4.78, 5) is 14.3. The highest BCUT2D eigenvalue weighted by atomic mass is 19.2. The fraction of sp³-hybridized carbons (Fsp3) is 0.308. The van der Waals surface area contributed by atoms with E-state index in [1.165, 1.54) is 6.07 Å². The average molecular weight is 292 g/mol. The number of halogens is 2. The molecule has 0 saturated carbocycles. The van der Waals surface area contributed by atoms with Crippen molar-refractivity contribution in [2.75, 3.05) is 29.0 Å². The van der Waals surface area contributed by atoms with Crippen LogP contribution in [-0.2, 0) is 0 Å². The lowest BCUT2D eigenvalue weighted by Gasteiger charge is -2.16. The zero-order valence-corrected chi connectivity index (χ0v) is 11.2. The van der Waals surface area contributed by atoms with Gasteiger partial charge in [-0.3, -0.25) is 0 Å². The third kappa shape index (κ3) is 2.99. The number of nitrogens with zero attached hydrogens (tertiary/aromatic N) is 4. The molecule has 3 N–H and O–H groups in total. The molecule has 1 saturated heterocycles. The SMILES string of the molecule is Nc1nc(Nc2ccc(F)c(F)c2)nc(N2CCCC2)n1. The van der Waals surface area contributed by atoms with Crippen LogP contribution in [0.3, 0.4) is 0 Å². The molecule has 0 spiro atoms. The van der Waals surface area contributed by atoms with E-state index in [1.807, 2.05) is 4.90 Å². The Morgan fingerprint density at radius 3 is 2.52 bits per heavy atom. The van der Waals surface area contributed by atoms with Gasteiger partial charge < -0.3 is 16.0 Å². The van der Waals surface area contributed by atoms with E-state index in [-0.39, 0.29) is 11.9 Å². The van der Waals surface area contributed by atoms with Gasteiger partial charge in [0.15, 0.2) is 11.6 Å². The Bertz CT molecular complexity index is 657. The van der Waals surface area contributed by atoms with Crippen LogP contribution < -0.4 is 16.0 Å². The van der Waals surface area contributed by atoms with E-state index in [2.05, 4.69) is 20.3 Å². The van der Waals surface area contributed by atoms with Crippen molar-refractivity contribution < 1.29 is 8.78 Å². The van der Waals surface area contributed by atoms with E-state index < -0.39 is 11.6 Å². The number of hydrogen-bond acceptors (Lipinski definition) is 6. The number of nitrogens with two attached hydrogens (primary N) is 1. The highest BCUT2D eigenvalue weighted by Gasteiger charge is 2.17. The molecule has 0 amide bonds. The lowest BCUT2D eigenvalue weighted by atomic mass is 10.3. The normalized spacial score (nSPS) is 14.5. The summed E-state index contributed by atoms with van der Waals surface area (Å²) >= 11 is 0. The van der Waals surface area contributed by atoms with Crippen molar-refractivity contribution in [1.29, 1.82) is 0 Å². The second-order valence-corrected chi connectivity index (χ2v) is 4.77. The summed E-state index contributed by atoms with van der Waals surface area (Å²) in [7, 11) is 0. The van der Waals surface area contributed by atoms with Crippen LogP contribution in [0.5, 0.6) is 0 Å². The molecule has 0 radical (unpaired) electrons. The maximum atomic E-state index is 13.2. The monoisotopic (exact) mass is 292 g/mol. The molecule has 1 fully saturated rings. The lowest BCUT2D eigenvalue weighted by molar-refractivity contribution is 0.509. The van der Waals surface area contributed by atoms with Crippen molar-refractivity contribution in [1.82, 2.24) is 15.0 Å². The average Bonchev–Trinajstić information content (AvgIpc) is 2.96. The molecular formula is C13H14F2N6. The molecule has 0 unspecified atom stereocenters. The maximum Gasteiger partial charge on any atom is 0.233 e. The third-order valence-corrected chi connectivity index (χ3v) is 3.21. The topological polar surface area (TPSA) is 80.0 Å². The molecule has 0 atom stereocenters. The molecule has 2 heterocycles. The van der Waals surface area contributed by atoms with Gasteiger partial charge in [-0.05, 0) is 25.0 Å². The Morgan fingerprint density at radius 1 is 1.05 bits per heavy atom. The van der Waals surface area contributed by atoms with Crippen molar-refractivity contribution in [2.24, 2.45) is 0 Å². The van der Waals surface area contributed by atoms with Gasteiger partial charge in [-0.15, -0.1) is 0 Å². The van der Waals surface area contributed by atoms with E-state index in [0.717, 1.165) is 38.1 Å². The van der Waals surface area contributed by atoms with Gasteiger partial charge in [0, 0.05) is 24.8 Å². The van der Waals surface area contributed by atoms with E-state index in [0.29, 0.717) is 11.6 Å². The zero-order valence-electron chi connectivity index (χ0n) is 11.2. The van der Waals surface area contributed by atoms with E-state index in [4.69, 9.17) is 5.73 Å². The predicted octanol–water partition coefficient (Wildman–Crippen LogP) is 2.08. The van der Waals surface area contributed by atoms with Gasteiger partial charge in [-0.2, -0.15) is 15.0 Å². The third-order valence-electron chi connectivity index (χ3n) is 3.21. The maximum absolute atomic E-state index is 13.2. The molecule has 1 aromatic carbocycles. The molecule has 1 aliphatic rings. The van der Waals surface area contributed by atoms with Gasteiger partial charge in [0.05, 0.1) is 0 Å². The smallest absolute Gasteiger partial charge is 0.233 e. The first kappa shape index (κ1) is 13.5. The van der Waals surface area contributed by atoms with E-state index in [1.54, 1.807) is 0 Å². The Labute approximate surface area is 120 Å². The highest BCUT2D eigenvalue weighted by Crippen LogP contribution is 2.20. The Kier molecular flexibility index (Phi) is 3.51. The van der Waals surface area contributed by atoms with Gasteiger partial charge in [0.2, 0.25) is 17.8 Å². The summed E-state index contributed by atoms with van der Waals surface area (Å²) in [5, 5.41) is 2.80. The van der Waals surface area contributed by atoms with Gasteiger partial charge in [0.25, 0.3) is 0 Å². The second-order valence-electron chi connectivity index (χ2n) is 4.77. The minimum Gasteiger partial charge on any atom is -0.368 e. The number of nitrogen functional groups attached to an aromatic ring is 1. The summed E-state index contributed by atoms with van der Waals surface area (Å²) in [6, 6.07) is 3.46. The first-order chi connectivity index (χ1) is 10.1. The van der Waals surface area contributed by atoms with Gasteiger partial charge in [-0.1, -0.05) is 0 Å². The summed E-state index contributed by atoms with van der Waals surface area (Å²) in [6.07, 6.45) is 2.16. The minimum absolute atomic E-state index is 0.0805. The van der Waals surface area contributed by atoms with Crippen molar-refractivity contribution >= 4 is 23.5 Å². The fourth-order valence-corrected chi connectivity index (χ4v) is 2.20. The molecule has 0 aliphatic carbocycles. The van der Waals surface area contributed by atoms with Crippen LogP contribution in [0, 0.1) is 11.6 Å². The second kappa shape index (κ2) is 5.47. The molecule has 1 aromatic heterocycles. The van der Waals surface area contributed by atoms with Crippen LogP contribution in [0.2, 0.25) is 0 Å². The Hall–Kier alpha value is -2.51. The van der Waals surface area contributed by atoms with Crippen molar-refractivity contribution in [3.8, 4) is 0 Å². The molecule has 0 bridgehead atoms. The van der Waals surface area contributed by atoms with Crippen molar-refractivity contribution in [3.63, 3.8) is 0 Å². The Morgan fingerprint density at radius 2 is 1.81 bits per heavy atom. The fourth-order valence-electron chi connectivity index (χ4n) is 2.20. The Balaban J connectivity index is 1.85. The van der Waals surface area contributed by atoms with Crippen molar-refractivity contribution in [2.45, 2.75) is 12.8 Å². The highest BCUT2D eigenvalue weighted by molar-refractivity contribution is 5.55. The summed E-state index contributed by atoms with van der Waals surface area (Å²) in [6.45, 7) is 1.74. The number of anilines is 4. The van der Waals surface area contributed by atoms with E-state index in [9.17, 15) is 8.78 Å². The van der Waals surface area contributed by atoms with Gasteiger partial charge >= 0.3 is 0 Å². The van der Waals surface area contributed by atoms with Gasteiger partial charge in [0.1, 0.15) is 0 Å². The van der Waals surface area contributed by atoms with Crippen LogP contribution in [-0.4, -0.2) is 28.0 Å². The molecule has 1 aliphatic heterocycles. The number of benzene rings is 1. The van der Waals surface area contributed by atoms with Gasteiger partial charge in [-0.25, -0.2) is 8.78 Å². The van der Waals surface area contributed by atoms with Crippen LogP contribution in [0.25, 0.3) is 0 Å². The lowest BCUT2D eigenvalue weighted by Crippen LogP contribution is -2.21. The summed E-state index contributed by atoms with van der Waals surface area (Å²) in [5.74, 6) is -1.08. The van der Waals surface area contributed by atoms with Crippen LogP contribution in [0.4, 0.5) is 32.3 Å². The molecule has 8 heteroatoms. The summed E-state index contributed by atoms with van der Waals surface area (Å²) < 4.78 is 26.1. The van der Waals surface area contributed by atoms with Crippen molar-refractivity contribution in [3.05, 3.63) is 29.8 Å². The molecular weight excluding hydrogens is 278 g/mol. The number of nitrogens with one attached hydrogen (secondary N) is 1. The van der Waals surface area contributed by atoms with Crippen LogP contribution in [0.1, 0.15) is 12.8 Å². The number of aromatic nitrogens is 3. The largest absolute Gasteiger partial charge is 0.368 e. The first-order valence-electron chi connectivity index (χ1n) is 6.60. The standard InChI is InChI=1S/C13H14F2N6/c14-9-4-3-8(7-10(9)15)17-12-18-11(16)19-13(20-12)21-5-1-2-6-21/h3-4,7H,1-2,5-6H2,(H3,16,17,18,19,20). The predicted molar refractivity (Wildman–Crippen MR) is 75.3 cm³/mol. The molecule has 21 heavy (non-hydrogen) atoms. The van der Waals surface area contributed by atoms with Crippen LogP contribution >= 0.6 is 0 Å². The minimum atomic E-state index is -0.943. The molecule has 2 aromatic rings. The number of hydrogen-bond donors (Lipinski definition) is 2. The quantitative estimate of drug-likeness (QED) is 0.901. The summed E-state index contributed by atoms with van der Waals surface area (Å²) in [5.41, 5.74) is 6.01. The molecule has 110 valence electrons. The van der Waals surface area contributed by atoms with Crippen LogP contribution in [0.15, 0.2) is 18.2 Å². The first-order valence-corrected chi connectivity index (χ1v) is 6.60. The zero-order chi connectivity index (χ0) is 14.8.